The first-order valence-corrected chi connectivity index (χ1v) is 9.05. The summed E-state index contributed by atoms with van der Waals surface area (Å²) in [5.41, 5.74) is 0.863. The van der Waals surface area contributed by atoms with E-state index in [0.29, 0.717) is 11.3 Å². The second-order valence-electron chi connectivity index (χ2n) is 6.83. The number of phenols is 3. The van der Waals surface area contributed by atoms with Crippen LogP contribution in [0.25, 0.3) is 5.76 Å². The first kappa shape index (κ1) is 19.1. The van der Waals surface area contributed by atoms with Gasteiger partial charge in [-0.2, -0.15) is 0 Å². The number of amides is 1. The highest BCUT2D eigenvalue weighted by atomic mass is 16.3. The van der Waals surface area contributed by atoms with Gasteiger partial charge in [0.2, 0.25) is 0 Å². The number of benzene rings is 3. The SMILES string of the molecule is O=C1C(=O)N(c2ccc(O)cc2)[C@@H](c2cccc(O)c2)C1=C(O)c1ccc(O)cc1. The Hall–Kier alpha value is -4.26. The summed E-state index contributed by atoms with van der Waals surface area (Å²) < 4.78 is 0. The van der Waals surface area contributed by atoms with Gasteiger partial charge in [-0.3, -0.25) is 14.5 Å². The van der Waals surface area contributed by atoms with E-state index in [1.165, 1.54) is 65.6 Å². The molecule has 0 bridgehead atoms. The van der Waals surface area contributed by atoms with Crippen LogP contribution >= 0.6 is 0 Å². The lowest BCUT2D eigenvalue weighted by atomic mass is 9.95. The van der Waals surface area contributed by atoms with Crippen molar-refractivity contribution < 1.29 is 30.0 Å². The second kappa shape index (κ2) is 7.29. The lowest BCUT2D eigenvalue weighted by Gasteiger charge is -2.25. The number of phenolic OH excluding ortho intramolecular Hbond substituents is 3. The Labute approximate surface area is 171 Å². The molecule has 1 saturated heterocycles. The maximum atomic E-state index is 12.9. The van der Waals surface area contributed by atoms with Crippen LogP contribution in [0, 0.1) is 0 Å². The van der Waals surface area contributed by atoms with E-state index in [9.17, 15) is 30.0 Å². The topological polar surface area (TPSA) is 118 Å². The van der Waals surface area contributed by atoms with Gasteiger partial charge in [0, 0.05) is 11.3 Å². The molecular formula is C23H17NO6. The average molecular weight is 403 g/mol. The number of nitrogens with zero attached hydrogens (tertiary/aromatic N) is 1. The van der Waals surface area contributed by atoms with Crippen molar-refractivity contribution in [3.8, 4) is 17.2 Å². The smallest absolute Gasteiger partial charge is 0.300 e. The molecule has 150 valence electrons. The number of hydrogen-bond donors (Lipinski definition) is 4. The van der Waals surface area contributed by atoms with Crippen LogP contribution in [-0.4, -0.2) is 32.1 Å². The Balaban J connectivity index is 1.95. The van der Waals surface area contributed by atoms with Crippen molar-refractivity contribution in [2.45, 2.75) is 6.04 Å². The van der Waals surface area contributed by atoms with Gasteiger partial charge >= 0.3 is 0 Å². The second-order valence-corrected chi connectivity index (χ2v) is 6.83. The van der Waals surface area contributed by atoms with Crippen molar-refractivity contribution in [2.24, 2.45) is 0 Å². The van der Waals surface area contributed by atoms with E-state index >= 15 is 0 Å². The predicted molar refractivity (Wildman–Crippen MR) is 109 cm³/mol. The number of Topliss-reactive ketones (excluding diaryl/α,β-unsaturated/α-hetero) is 1. The van der Waals surface area contributed by atoms with Crippen molar-refractivity contribution >= 4 is 23.1 Å². The van der Waals surface area contributed by atoms with E-state index in [4.69, 9.17) is 0 Å². The summed E-state index contributed by atoms with van der Waals surface area (Å²) in [7, 11) is 0. The standard InChI is InChI=1S/C23H17NO6/c25-16-8-4-13(5-9-16)21(28)19-20(14-2-1-3-18(27)12-14)24(23(30)22(19)29)15-6-10-17(26)11-7-15/h1-12,20,25-28H/t20-/m0/s1. The molecule has 1 heterocycles. The summed E-state index contributed by atoms with van der Waals surface area (Å²) in [6, 6.07) is 16.4. The molecule has 0 radical (unpaired) electrons. The van der Waals surface area contributed by atoms with E-state index in [1.807, 2.05) is 0 Å². The van der Waals surface area contributed by atoms with Crippen molar-refractivity contribution in [1.82, 2.24) is 0 Å². The van der Waals surface area contributed by atoms with Gasteiger partial charge in [-0.25, -0.2) is 0 Å². The molecule has 7 nitrogen and oxygen atoms in total. The minimum absolute atomic E-state index is 0.00617. The van der Waals surface area contributed by atoms with Gasteiger partial charge in [0.05, 0.1) is 11.6 Å². The van der Waals surface area contributed by atoms with Crippen molar-refractivity contribution in [2.75, 3.05) is 4.90 Å². The summed E-state index contributed by atoms with van der Waals surface area (Å²) >= 11 is 0. The minimum Gasteiger partial charge on any atom is -0.508 e. The first-order valence-electron chi connectivity index (χ1n) is 9.05. The third kappa shape index (κ3) is 3.22. The number of aliphatic hydroxyl groups excluding tert-OH is 1. The number of carbonyl (C=O) groups is 2. The monoisotopic (exact) mass is 403 g/mol. The van der Waals surface area contributed by atoms with Crippen LogP contribution in [0.3, 0.4) is 0 Å². The molecule has 3 aromatic carbocycles. The van der Waals surface area contributed by atoms with E-state index < -0.39 is 23.5 Å². The zero-order valence-corrected chi connectivity index (χ0v) is 15.6. The van der Waals surface area contributed by atoms with E-state index in [1.54, 1.807) is 12.1 Å². The molecule has 1 aliphatic heterocycles. The van der Waals surface area contributed by atoms with E-state index in [-0.39, 0.29) is 28.4 Å². The maximum Gasteiger partial charge on any atom is 0.300 e. The number of aliphatic hydroxyl groups is 1. The molecule has 0 saturated carbocycles. The highest BCUT2D eigenvalue weighted by molar-refractivity contribution is 6.51. The largest absolute Gasteiger partial charge is 0.508 e. The third-order valence-corrected chi connectivity index (χ3v) is 4.90. The molecule has 1 aliphatic rings. The predicted octanol–water partition coefficient (Wildman–Crippen LogP) is 3.43. The molecule has 1 fully saturated rings. The number of hydrogen-bond acceptors (Lipinski definition) is 6. The van der Waals surface area contributed by atoms with Crippen LogP contribution in [0.5, 0.6) is 17.2 Å². The van der Waals surface area contributed by atoms with E-state index in [0.717, 1.165) is 0 Å². The van der Waals surface area contributed by atoms with Crippen molar-refractivity contribution in [3.05, 3.63) is 89.5 Å². The van der Waals surface area contributed by atoms with Crippen LogP contribution in [0.2, 0.25) is 0 Å². The van der Waals surface area contributed by atoms with Crippen molar-refractivity contribution in [1.29, 1.82) is 0 Å². The highest BCUT2D eigenvalue weighted by Crippen LogP contribution is 2.43. The molecule has 4 rings (SSSR count). The average Bonchev–Trinajstić information content (AvgIpc) is 3.00. The minimum atomic E-state index is -1.00. The molecule has 4 N–H and O–H groups in total. The van der Waals surface area contributed by atoms with Gasteiger partial charge in [-0.05, 0) is 66.2 Å². The zero-order valence-electron chi connectivity index (χ0n) is 15.6. The first-order chi connectivity index (χ1) is 14.4. The summed E-state index contributed by atoms with van der Waals surface area (Å²) in [5, 5.41) is 39.9. The van der Waals surface area contributed by atoms with E-state index in [2.05, 4.69) is 0 Å². The van der Waals surface area contributed by atoms with Crippen LogP contribution in [0.15, 0.2) is 78.4 Å². The molecule has 0 spiro atoms. The summed E-state index contributed by atoms with van der Waals surface area (Å²) in [6.45, 7) is 0. The van der Waals surface area contributed by atoms with Crippen LogP contribution in [0.1, 0.15) is 17.2 Å². The molecule has 3 aromatic rings. The zero-order chi connectivity index (χ0) is 21.4. The number of aromatic hydroxyl groups is 3. The quantitative estimate of drug-likeness (QED) is 0.302. The molecule has 1 amide bonds. The molecule has 0 unspecified atom stereocenters. The fraction of sp³-hybridized carbons (Fsp3) is 0.0435. The Morgan fingerprint density at radius 1 is 0.767 bits per heavy atom. The molecule has 1 atom stereocenters. The number of ketones is 1. The summed E-state index contributed by atoms with van der Waals surface area (Å²) in [6.07, 6.45) is 0. The fourth-order valence-corrected chi connectivity index (χ4v) is 3.50. The Kier molecular flexibility index (Phi) is 4.63. The molecule has 0 aliphatic carbocycles. The lowest BCUT2D eigenvalue weighted by Crippen LogP contribution is -2.29. The summed E-state index contributed by atoms with van der Waals surface area (Å²) in [5.74, 6) is -2.22. The molecule has 0 aromatic heterocycles. The van der Waals surface area contributed by atoms with Gasteiger partial charge < -0.3 is 20.4 Å². The lowest BCUT2D eigenvalue weighted by molar-refractivity contribution is -0.132. The van der Waals surface area contributed by atoms with Gasteiger partial charge in [-0.15, -0.1) is 0 Å². The number of carbonyl (C=O) groups excluding carboxylic acids is 2. The molecule has 7 heteroatoms. The Morgan fingerprint density at radius 2 is 1.37 bits per heavy atom. The fourth-order valence-electron chi connectivity index (χ4n) is 3.50. The van der Waals surface area contributed by atoms with Gasteiger partial charge in [0.1, 0.15) is 23.0 Å². The molecular weight excluding hydrogens is 386 g/mol. The number of anilines is 1. The normalized spacial score (nSPS) is 18.0. The van der Waals surface area contributed by atoms with Crippen LogP contribution in [-0.2, 0) is 9.59 Å². The Bertz CT molecular complexity index is 1170. The summed E-state index contributed by atoms with van der Waals surface area (Å²) in [4.78, 5) is 27.1. The van der Waals surface area contributed by atoms with Gasteiger partial charge in [0.15, 0.2) is 0 Å². The van der Waals surface area contributed by atoms with Crippen molar-refractivity contribution in [3.63, 3.8) is 0 Å². The molecule has 30 heavy (non-hydrogen) atoms. The van der Waals surface area contributed by atoms with Crippen LogP contribution < -0.4 is 4.90 Å². The highest BCUT2D eigenvalue weighted by Gasteiger charge is 2.47. The third-order valence-electron chi connectivity index (χ3n) is 4.90. The number of rotatable bonds is 3. The van der Waals surface area contributed by atoms with Crippen LogP contribution in [0.4, 0.5) is 5.69 Å². The maximum absolute atomic E-state index is 12.9. The van der Waals surface area contributed by atoms with Gasteiger partial charge in [0.25, 0.3) is 11.7 Å². The Morgan fingerprint density at radius 3 is 1.97 bits per heavy atom. The van der Waals surface area contributed by atoms with Gasteiger partial charge in [-0.1, -0.05) is 12.1 Å².